The quantitative estimate of drug-likeness (QED) is 0.388. The van der Waals surface area contributed by atoms with Gasteiger partial charge in [-0.05, 0) is 70.4 Å². The molecule has 0 bridgehead atoms. The summed E-state index contributed by atoms with van der Waals surface area (Å²) in [5, 5.41) is 0. The summed E-state index contributed by atoms with van der Waals surface area (Å²) in [6.45, 7) is 1.82. The van der Waals surface area contributed by atoms with E-state index in [0.717, 1.165) is 5.56 Å². The van der Waals surface area contributed by atoms with Crippen molar-refractivity contribution in [3.63, 3.8) is 0 Å². The summed E-state index contributed by atoms with van der Waals surface area (Å²) in [7, 11) is -4.27. The van der Waals surface area contributed by atoms with Crippen LogP contribution >= 0.6 is 0 Å². The molecule has 5 heteroatoms. The Kier molecular flexibility index (Phi) is 8.50. The van der Waals surface area contributed by atoms with Crippen LogP contribution in [0.25, 0.3) is 0 Å². The van der Waals surface area contributed by atoms with Crippen molar-refractivity contribution in [3.8, 4) is 0 Å². The van der Waals surface area contributed by atoms with Crippen LogP contribution in [0.5, 0.6) is 0 Å². The van der Waals surface area contributed by atoms with Gasteiger partial charge in [-0.15, -0.1) is 0 Å². The predicted octanol–water partition coefficient (Wildman–Crippen LogP) is 1.64. The fourth-order valence-corrected chi connectivity index (χ4v) is 8.42. The van der Waals surface area contributed by atoms with Gasteiger partial charge < -0.3 is 4.55 Å². The lowest BCUT2D eigenvalue weighted by atomic mass is 10.0. The Morgan fingerprint density at radius 3 is 1.62 bits per heavy atom. The first-order valence-corrected chi connectivity index (χ1v) is 13.0. The second-order valence-electron chi connectivity index (χ2n) is 6.86. The molecule has 0 aliphatic heterocycles. The third-order valence-electron chi connectivity index (χ3n) is 4.74. The summed E-state index contributed by atoms with van der Waals surface area (Å²) in [6.07, 6.45) is 15.7. The average Bonchev–Trinajstić information content (AvgIpc) is 2.57. The largest absolute Gasteiger partial charge is 0.744 e. The van der Waals surface area contributed by atoms with Gasteiger partial charge in [0.05, 0.1) is 4.90 Å². The highest BCUT2D eigenvalue weighted by molar-refractivity contribution is 7.85. The van der Waals surface area contributed by atoms with Gasteiger partial charge >= 0.3 is 0 Å². The summed E-state index contributed by atoms with van der Waals surface area (Å²) >= 11 is 0.583. The summed E-state index contributed by atoms with van der Waals surface area (Å²) in [6, 6.07) is 5.78. The zero-order valence-corrected chi connectivity index (χ0v) is 17.5. The smallest absolute Gasteiger partial charge is 0.275 e. The Bertz CT molecular complexity index is 555. The van der Waals surface area contributed by atoms with Crippen molar-refractivity contribution in [2.24, 2.45) is 0 Å². The molecule has 0 saturated heterocycles. The number of hydrogen-bond donors (Lipinski definition) is 0. The molecule has 2 saturated carbocycles. The van der Waals surface area contributed by atoms with Gasteiger partial charge in [-0.2, -0.15) is 0 Å². The highest BCUT2D eigenvalue weighted by atomic mass is 127. The lowest BCUT2D eigenvalue weighted by Crippen LogP contribution is -3.68. The van der Waals surface area contributed by atoms with E-state index in [0.29, 0.717) is 21.2 Å². The lowest BCUT2D eigenvalue weighted by molar-refractivity contribution is -0.725. The normalized spacial score (nSPS) is 20.2. The Morgan fingerprint density at radius 1 is 0.833 bits per heavy atom. The Morgan fingerprint density at radius 2 is 1.25 bits per heavy atom. The Labute approximate surface area is 157 Å². The van der Waals surface area contributed by atoms with Gasteiger partial charge in [0, 0.05) is 0 Å². The first kappa shape index (κ1) is 20.2. The monoisotopic (exact) mass is 464 g/mol. The number of aryl methyl sites for hydroxylation is 1. The van der Waals surface area contributed by atoms with Gasteiger partial charge in [0.1, 0.15) is 10.1 Å². The van der Waals surface area contributed by atoms with E-state index in [1.54, 1.807) is 63.5 Å². The molecule has 0 aromatic heterocycles. The zero-order valence-electron chi connectivity index (χ0n) is 14.5. The predicted molar refractivity (Wildman–Crippen MR) is 92.9 cm³/mol. The first-order chi connectivity index (χ1) is 11.4. The molecule has 0 amide bonds. The highest BCUT2D eigenvalue weighted by Crippen LogP contribution is 2.16. The molecule has 2 aliphatic rings. The molecule has 1 aromatic rings. The van der Waals surface area contributed by atoms with Gasteiger partial charge in [0.2, 0.25) is 0 Å². The molecular weight excluding hydrogens is 435 g/mol. The van der Waals surface area contributed by atoms with E-state index >= 15 is 0 Å². The molecule has 24 heavy (non-hydrogen) atoms. The third kappa shape index (κ3) is 7.40. The third-order valence-corrected chi connectivity index (χ3v) is 10.1. The van der Waals surface area contributed by atoms with Crippen molar-refractivity contribution >= 4 is 10.1 Å². The Hall–Kier alpha value is -0.140. The van der Waals surface area contributed by atoms with Crippen LogP contribution in [0.4, 0.5) is 0 Å². The van der Waals surface area contributed by atoms with Crippen molar-refractivity contribution in [3.05, 3.63) is 29.8 Å². The van der Waals surface area contributed by atoms with Crippen LogP contribution in [0.1, 0.15) is 69.8 Å². The van der Waals surface area contributed by atoms with E-state index in [1.807, 2.05) is 6.92 Å². The van der Waals surface area contributed by atoms with Gasteiger partial charge in [-0.25, -0.2) is 8.42 Å². The minimum atomic E-state index is -4.27. The molecule has 0 N–H and O–H groups in total. The number of benzene rings is 1. The van der Waals surface area contributed by atoms with Crippen molar-refractivity contribution in [1.82, 2.24) is 0 Å². The van der Waals surface area contributed by atoms with E-state index in [9.17, 15) is 13.0 Å². The van der Waals surface area contributed by atoms with Crippen LogP contribution in [0.3, 0.4) is 0 Å². The van der Waals surface area contributed by atoms with Crippen molar-refractivity contribution < 1.29 is 34.2 Å². The molecule has 1 aromatic carbocycles. The van der Waals surface area contributed by atoms with Gasteiger partial charge in [-0.3, -0.25) is 0 Å². The van der Waals surface area contributed by atoms with Crippen molar-refractivity contribution in [2.75, 3.05) is 0 Å². The van der Waals surface area contributed by atoms with Gasteiger partial charge in [-0.1, -0.05) is 30.5 Å². The second-order valence-corrected chi connectivity index (χ2v) is 12.5. The van der Waals surface area contributed by atoms with Crippen LogP contribution in [0.15, 0.2) is 29.2 Å². The maximum atomic E-state index is 10.4. The number of alkyl halides is 2. The Balaban J connectivity index is 0.000000177. The molecular formula is C19H29IO3S. The van der Waals surface area contributed by atoms with Crippen LogP contribution in [0, 0.1) is 6.92 Å². The maximum absolute atomic E-state index is 10.4. The molecule has 0 heterocycles. The van der Waals surface area contributed by atoms with Gasteiger partial charge in [0.25, 0.3) is 21.2 Å². The summed E-state index contributed by atoms with van der Waals surface area (Å²) in [5.41, 5.74) is 0.928. The van der Waals surface area contributed by atoms with Gasteiger partial charge in [0.15, 0.2) is 7.85 Å². The fourth-order valence-electron chi connectivity index (χ4n) is 3.31. The van der Waals surface area contributed by atoms with Crippen molar-refractivity contribution in [2.45, 2.75) is 83.9 Å². The molecule has 0 spiro atoms. The first-order valence-electron chi connectivity index (χ1n) is 9.09. The minimum absolute atomic E-state index is 0.178. The van der Waals surface area contributed by atoms with E-state index in [1.165, 1.54) is 32.8 Å². The maximum Gasteiger partial charge on any atom is 0.275 e. The number of halogens is 1. The average molecular weight is 464 g/mol. The van der Waals surface area contributed by atoms with E-state index < -0.39 is 10.1 Å². The minimum Gasteiger partial charge on any atom is -0.744 e. The van der Waals surface area contributed by atoms with E-state index in [2.05, 4.69) is 0 Å². The summed E-state index contributed by atoms with van der Waals surface area (Å²) < 4.78 is 33.6. The molecule has 2 fully saturated rings. The molecule has 136 valence electrons. The van der Waals surface area contributed by atoms with Crippen molar-refractivity contribution in [1.29, 1.82) is 0 Å². The molecule has 0 atom stereocenters. The molecule has 0 radical (unpaired) electrons. The molecule has 0 unspecified atom stereocenters. The molecule has 3 rings (SSSR count). The highest BCUT2D eigenvalue weighted by Gasteiger charge is 2.33. The van der Waals surface area contributed by atoms with Crippen LogP contribution in [0.2, 0.25) is 0 Å². The number of rotatable bonds is 3. The van der Waals surface area contributed by atoms with Crippen LogP contribution in [-0.4, -0.2) is 20.8 Å². The lowest BCUT2D eigenvalue weighted by Gasteiger charge is -2.17. The van der Waals surface area contributed by atoms with Crippen LogP contribution < -0.4 is 21.2 Å². The van der Waals surface area contributed by atoms with E-state index in [-0.39, 0.29) is 4.90 Å². The molecule has 2 aliphatic carbocycles. The number of hydrogen-bond acceptors (Lipinski definition) is 3. The molecule has 3 nitrogen and oxygen atoms in total. The van der Waals surface area contributed by atoms with Crippen LogP contribution in [-0.2, 0) is 10.1 Å². The summed E-state index contributed by atoms with van der Waals surface area (Å²) in [5.74, 6) is 0. The fraction of sp³-hybridized carbons (Fsp3) is 0.684. The SMILES string of the molecule is C1CCC([I+]C2CCCCC2)CC1.Cc1ccc(S(=O)(=O)[O-])cc1. The topological polar surface area (TPSA) is 57.2 Å². The van der Waals surface area contributed by atoms with E-state index in [4.69, 9.17) is 0 Å². The standard InChI is InChI=1S/C12H22I.C7H8O3S/c1-3-7-11(8-4-1)13-12-9-5-2-6-10-12;1-6-2-4-7(5-3-6)11(8,9)10/h11-12H,1-10H2;2-5H,1H3,(H,8,9,10)/q+1;/p-1. The summed E-state index contributed by atoms with van der Waals surface area (Å²) in [4.78, 5) is -0.178. The zero-order chi connectivity index (χ0) is 17.4. The second kappa shape index (κ2) is 10.1.